The number of carbonyl (C=O) groups is 1. The van der Waals surface area contributed by atoms with E-state index in [1.807, 2.05) is 0 Å². The Bertz CT molecular complexity index is 1040. The van der Waals surface area contributed by atoms with E-state index in [1.54, 1.807) is 4.90 Å². The van der Waals surface area contributed by atoms with Crippen molar-refractivity contribution < 1.29 is 28.0 Å². The van der Waals surface area contributed by atoms with Crippen LogP contribution >= 0.6 is 0 Å². The molecular formula is C19H15F3N4O4. The van der Waals surface area contributed by atoms with Gasteiger partial charge in [-0.05, 0) is 25.0 Å². The molecule has 0 unspecified atom stereocenters. The Morgan fingerprint density at radius 2 is 1.97 bits per heavy atom. The predicted octanol–water partition coefficient (Wildman–Crippen LogP) is 3.35. The minimum atomic E-state index is -4.62. The summed E-state index contributed by atoms with van der Waals surface area (Å²) in [6.45, 7) is 0.451. The summed E-state index contributed by atoms with van der Waals surface area (Å²) in [6.07, 6.45) is 2.36. The van der Waals surface area contributed by atoms with Crippen LogP contribution in [0.1, 0.15) is 24.0 Å². The molecule has 30 heavy (non-hydrogen) atoms. The lowest BCUT2D eigenvalue weighted by atomic mass is 9.96. The predicted molar refractivity (Wildman–Crippen MR) is 99.6 cm³/mol. The first-order chi connectivity index (χ1) is 14.1. The van der Waals surface area contributed by atoms with Crippen molar-refractivity contribution in [3.63, 3.8) is 0 Å². The van der Waals surface area contributed by atoms with Gasteiger partial charge < -0.3 is 10.0 Å². The van der Waals surface area contributed by atoms with Gasteiger partial charge in [0, 0.05) is 24.2 Å². The topological polar surface area (TPSA) is 109 Å². The molecule has 0 spiro atoms. The third-order valence-corrected chi connectivity index (χ3v) is 4.89. The molecule has 0 amide bonds. The van der Waals surface area contributed by atoms with E-state index >= 15 is 0 Å². The van der Waals surface area contributed by atoms with Crippen LogP contribution in [0.25, 0.3) is 11.3 Å². The van der Waals surface area contributed by atoms with Crippen LogP contribution in [0.3, 0.4) is 0 Å². The molecule has 1 aliphatic heterocycles. The van der Waals surface area contributed by atoms with E-state index < -0.39 is 34.2 Å². The number of alkyl halides is 3. The first kappa shape index (κ1) is 21.0. The summed E-state index contributed by atoms with van der Waals surface area (Å²) in [5.41, 5.74) is -1.87. The SMILES string of the molecule is C#Cc1cc(C(F)(F)F)ccc1-c1ncnc(N2CCC(C(=O)O)CC2)c1[N+](=O)[O-]. The Labute approximate surface area is 168 Å². The number of carboxylic acids is 1. The fourth-order valence-corrected chi connectivity index (χ4v) is 3.35. The Kier molecular flexibility index (Phi) is 5.60. The van der Waals surface area contributed by atoms with Gasteiger partial charge in [0.05, 0.1) is 16.4 Å². The highest BCUT2D eigenvalue weighted by Crippen LogP contribution is 2.39. The standard InChI is InChI=1S/C19H15F3N4O4/c1-2-11-9-13(19(20,21)22)3-4-14(11)15-16(26(29)30)17(24-10-23-15)25-7-5-12(6-8-25)18(27)28/h1,3-4,9-10,12H,5-8H2,(H,27,28). The van der Waals surface area contributed by atoms with Crippen LogP contribution in [0, 0.1) is 28.4 Å². The smallest absolute Gasteiger partial charge is 0.416 e. The van der Waals surface area contributed by atoms with E-state index in [2.05, 4.69) is 15.9 Å². The number of rotatable bonds is 4. The number of halogens is 3. The Balaban J connectivity index is 2.08. The fourth-order valence-electron chi connectivity index (χ4n) is 3.35. The number of hydrogen-bond acceptors (Lipinski definition) is 6. The number of carboxylic acid groups (broad SMARTS) is 1. The molecule has 8 nitrogen and oxygen atoms in total. The van der Waals surface area contributed by atoms with Gasteiger partial charge in [-0.2, -0.15) is 13.2 Å². The average molecular weight is 420 g/mol. The first-order valence-corrected chi connectivity index (χ1v) is 8.78. The van der Waals surface area contributed by atoms with Crippen LogP contribution < -0.4 is 4.90 Å². The molecule has 0 aliphatic carbocycles. The number of nitrogens with zero attached hydrogens (tertiary/aromatic N) is 4. The highest BCUT2D eigenvalue weighted by Gasteiger charge is 2.34. The zero-order valence-corrected chi connectivity index (χ0v) is 15.4. The van der Waals surface area contributed by atoms with Crippen molar-refractivity contribution >= 4 is 17.5 Å². The van der Waals surface area contributed by atoms with Crippen LogP contribution in [-0.4, -0.2) is 39.1 Å². The third kappa shape index (κ3) is 4.03. The molecule has 0 saturated carbocycles. The van der Waals surface area contributed by atoms with Gasteiger partial charge in [0.25, 0.3) is 0 Å². The second-order valence-corrected chi connectivity index (χ2v) is 6.65. The lowest BCUT2D eigenvalue weighted by molar-refractivity contribution is -0.383. The molecule has 3 rings (SSSR count). The van der Waals surface area contributed by atoms with Crippen LogP contribution in [0.5, 0.6) is 0 Å². The summed E-state index contributed by atoms with van der Waals surface area (Å²) in [4.78, 5) is 31.7. The van der Waals surface area contributed by atoms with Gasteiger partial charge in [-0.1, -0.05) is 12.0 Å². The zero-order valence-electron chi connectivity index (χ0n) is 15.4. The zero-order chi connectivity index (χ0) is 22.1. The van der Waals surface area contributed by atoms with Gasteiger partial charge in [0.2, 0.25) is 5.82 Å². The molecule has 156 valence electrons. The van der Waals surface area contributed by atoms with E-state index in [1.165, 1.54) is 0 Å². The van der Waals surface area contributed by atoms with Crippen molar-refractivity contribution in [1.29, 1.82) is 0 Å². The number of anilines is 1. The van der Waals surface area contributed by atoms with E-state index in [-0.39, 0.29) is 48.6 Å². The van der Waals surface area contributed by atoms with E-state index in [9.17, 15) is 28.1 Å². The molecule has 1 saturated heterocycles. The second kappa shape index (κ2) is 7.98. The van der Waals surface area contributed by atoms with E-state index in [4.69, 9.17) is 11.5 Å². The molecule has 0 bridgehead atoms. The lowest BCUT2D eigenvalue weighted by Crippen LogP contribution is -2.37. The van der Waals surface area contributed by atoms with Crippen molar-refractivity contribution in [2.45, 2.75) is 19.0 Å². The van der Waals surface area contributed by atoms with E-state index in [0.717, 1.165) is 24.5 Å². The molecular weight excluding hydrogens is 405 g/mol. The molecule has 0 radical (unpaired) electrons. The molecule has 2 aromatic rings. The lowest BCUT2D eigenvalue weighted by Gasteiger charge is -2.30. The van der Waals surface area contributed by atoms with Crippen LogP contribution in [0.2, 0.25) is 0 Å². The van der Waals surface area contributed by atoms with Crippen molar-refractivity contribution in [3.8, 4) is 23.6 Å². The number of aromatic nitrogens is 2. The Morgan fingerprint density at radius 1 is 1.30 bits per heavy atom. The molecule has 0 atom stereocenters. The van der Waals surface area contributed by atoms with Gasteiger partial charge in [-0.15, -0.1) is 6.42 Å². The molecule has 11 heteroatoms. The van der Waals surface area contributed by atoms with Crippen molar-refractivity contribution in [2.75, 3.05) is 18.0 Å². The molecule has 1 aromatic heterocycles. The maximum atomic E-state index is 13.0. The highest BCUT2D eigenvalue weighted by molar-refractivity contribution is 5.81. The van der Waals surface area contributed by atoms with Crippen molar-refractivity contribution in [1.82, 2.24) is 9.97 Å². The maximum absolute atomic E-state index is 13.0. The maximum Gasteiger partial charge on any atom is 0.416 e. The quantitative estimate of drug-likeness (QED) is 0.459. The molecule has 2 heterocycles. The summed E-state index contributed by atoms with van der Waals surface area (Å²) < 4.78 is 39.0. The molecule has 1 fully saturated rings. The average Bonchev–Trinajstić information content (AvgIpc) is 2.72. The molecule has 1 aromatic carbocycles. The number of hydrogen-bond donors (Lipinski definition) is 1. The Hall–Kier alpha value is -3.68. The van der Waals surface area contributed by atoms with Crippen LogP contribution in [0.4, 0.5) is 24.7 Å². The third-order valence-electron chi connectivity index (χ3n) is 4.89. The summed E-state index contributed by atoms with van der Waals surface area (Å²) >= 11 is 0. The second-order valence-electron chi connectivity index (χ2n) is 6.65. The van der Waals surface area contributed by atoms with Gasteiger partial charge in [0.1, 0.15) is 6.33 Å². The van der Waals surface area contributed by atoms with Gasteiger partial charge >= 0.3 is 17.8 Å². The summed E-state index contributed by atoms with van der Waals surface area (Å²) in [6, 6.07) is 2.56. The minimum absolute atomic E-state index is 0.00118. The van der Waals surface area contributed by atoms with Gasteiger partial charge in [-0.3, -0.25) is 14.9 Å². The monoisotopic (exact) mass is 420 g/mol. The van der Waals surface area contributed by atoms with Crippen molar-refractivity contribution in [3.05, 3.63) is 45.8 Å². The van der Waals surface area contributed by atoms with Gasteiger partial charge in [0.15, 0.2) is 5.69 Å². The normalized spacial score (nSPS) is 14.9. The molecule has 1 aliphatic rings. The summed E-state index contributed by atoms with van der Waals surface area (Å²) in [7, 11) is 0. The van der Waals surface area contributed by atoms with Crippen LogP contribution in [0.15, 0.2) is 24.5 Å². The first-order valence-electron chi connectivity index (χ1n) is 8.78. The number of nitro groups is 1. The van der Waals surface area contributed by atoms with E-state index in [0.29, 0.717) is 0 Å². The number of terminal acetylenes is 1. The summed E-state index contributed by atoms with van der Waals surface area (Å²) in [5, 5.41) is 20.9. The molecule has 1 N–H and O–H groups in total. The van der Waals surface area contributed by atoms with Crippen molar-refractivity contribution in [2.24, 2.45) is 5.92 Å². The minimum Gasteiger partial charge on any atom is -0.481 e. The van der Waals surface area contributed by atoms with Crippen LogP contribution in [-0.2, 0) is 11.0 Å². The fraction of sp³-hybridized carbons (Fsp3) is 0.316. The highest BCUT2D eigenvalue weighted by atomic mass is 19.4. The number of piperidine rings is 1. The number of aliphatic carboxylic acids is 1. The largest absolute Gasteiger partial charge is 0.481 e. The summed E-state index contributed by atoms with van der Waals surface area (Å²) in [5.74, 6) is 0.612. The van der Waals surface area contributed by atoms with Gasteiger partial charge in [-0.25, -0.2) is 9.97 Å². The Morgan fingerprint density at radius 3 is 2.50 bits per heavy atom. The number of benzene rings is 1.